The lowest BCUT2D eigenvalue weighted by molar-refractivity contribution is -0.113. The van der Waals surface area contributed by atoms with Crippen molar-refractivity contribution < 1.29 is 14.4 Å². The van der Waals surface area contributed by atoms with E-state index in [-0.39, 0.29) is 17.4 Å². The average molecular weight is 575 g/mol. The van der Waals surface area contributed by atoms with Gasteiger partial charge in [0.25, 0.3) is 11.8 Å². The maximum Gasteiger partial charge on any atom is 0.272 e. The summed E-state index contributed by atoms with van der Waals surface area (Å²) < 4.78 is 0. The number of benzene rings is 4. The molecular weight excluding hydrogens is 549 g/mol. The molecule has 41 heavy (non-hydrogen) atoms. The number of hydrogen-bond donors (Lipinski definition) is 2. The van der Waals surface area contributed by atoms with Crippen LogP contribution in [-0.4, -0.2) is 23.4 Å². The number of anilines is 1. The Bertz CT molecular complexity index is 1650. The highest BCUT2D eigenvalue weighted by Gasteiger charge is 2.15. The predicted molar refractivity (Wildman–Crippen MR) is 168 cm³/mol. The molecule has 0 aliphatic rings. The minimum absolute atomic E-state index is 0.0457. The molecule has 0 saturated heterocycles. The van der Waals surface area contributed by atoms with Crippen molar-refractivity contribution in [2.75, 3.05) is 11.1 Å². The van der Waals surface area contributed by atoms with Gasteiger partial charge in [-0.25, -0.2) is 0 Å². The summed E-state index contributed by atoms with van der Waals surface area (Å²) in [5, 5.41) is 9.39. The van der Waals surface area contributed by atoms with Crippen molar-refractivity contribution in [2.45, 2.75) is 4.90 Å². The Morgan fingerprint density at radius 3 is 2.02 bits per heavy atom. The SMILES string of the molecule is O=C(Nc1ccc(SCC(=O)c2ccc(-c3ccccc3)cc2)cc1)/C(=C/c1ccsc1)NC(=O)c1ccccc1. The summed E-state index contributed by atoms with van der Waals surface area (Å²) in [6.07, 6.45) is 1.65. The maximum atomic E-state index is 13.1. The third kappa shape index (κ3) is 7.69. The quantitative estimate of drug-likeness (QED) is 0.101. The number of thioether (sulfide) groups is 1. The van der Waals surface area contributed by atoms with Crippen molar-refractivity contribution >= 4 is 52.5 Å². The van der Waals surface area contributed by atoms with Gasteiger partial charge in [0.2, 0.25) is 0 Å². The van der Waals surface area contributed by atoms with Gasteiger partial charge >= 0.3 is 0 Å². The molecule has 0 aliphatic heterocycles. The van der Waals surface area contributed by atoms with E-state index in [9.17, 15) is 14.4 Å². The lowest BCUT2D eigenvalue weighted by Crippen LogP contribution is -2.30. The van der Waals surface area contributed by atoms with Gasteiger partial charge in [-0.3, -0.25) is 14.4 Å². The number of nitrogens with one attached hydrogen (secondary N) is 2. The number of carbonyl (C=O) groups is 3. The van der Waals surface area contributed by atoms with E-state index in [1.165, 1.54) is 23.1 Å². The summed E-state index contributed by atoms with van der Waals surface area (Å²) in [6.45, 7) is 0. The largest absolute Gasteiger partial charge is 0.321 e. The van der Waals surface area contributed by atoms with Crippen molar-refractivity contribution in [3.8, 4) is 11.1 Å². The summed E-state index contributed by atoms with van der Waals surface area (Å²) in [4.78, 5) is 39.5. The minimum Gasteiger partial charge on any atom is -0.321 e. The van der Waals surface area contributed by atoms with E-state index < -0.39 is 5.91 Å². The molecule has 5 aromatic rings. The van der Waals surface area contributed by atoms with E-state index in [2.05, 4.69) is 10.6 Å². The molecule has 4 aromatic carbocycles. The molecule has 0 bridgehead atoms. The van der Waals surface area contributed by atoms with E-state index in [0.717, 1.165) is 21.6 Å². The molecule has 7 heteroatoms. The topological polar surface area (TPSA) is 75.3 Å². The van der Waals surface area contributed by atoms with E-state index in [1.54, 1.807) is 42.5 Å². The van der Waals surface area contributed by atoms with Crippen LogP contribution in [0.5, 0.6) is 0 Å². The zero-order valence-electron chi connectivity index (χ0n) is 22.0. The highest BCUT2D eigenvalue weighted by atomic mass is 32.2. The van der Waals surface area contributed by atoms with Gasteiger partial charge < -0.3 is 10.6 Å². The molecule has 1 heterocycles. The van der Waals surface area contributed by atoms with Gasteiger partial charge in [-0.15, -0.1) is 11.8 Å². The number of carbonyl (C=O) groups excluding carboxylic acids is 3. The molecule has 5 nitrogen and oxygen atoms in total. The van der Waals surface area contributed by atoms with Crippen LogP contribution in [0, 0.1) is 0 Å². The van der Waals surface area contributed by atoms with Gasteiger partial charge in [-0.2, -0.15) is 11.3 Å². The van der Waals surface area contributed by atoms with E-state index >= 15 is 0 Å². The number of rotatable bonds is 10. The molecule has 0 spiro atoms. The van der Waals surface area contributed by atoms with Gasteiger partial charge in [0.15, 0.2) is 5.78 Å². The number of ketones is 1. The molecule has 5 rings (SSSR count). The summed E-state index contributed by atoms with van der Waals surface area (Å²) in [7, 11) is 0. The first-order valence-corrected chi connectivity index (χ1v) is 14.8. The predicted octanol–water partition coefficient (Wildman–Crippen LogP) is 7.80. The molecule has 0 unspecified atom stereocenters. The second kappa shape index (κ2) is 13.6. The van der Waals surface area contributed by atoms with Gasteiger partial charge in [-0.1, -0.05) is 72.8 Å². The van der Waals surface area contributed by atoms with Crippen molar-refractivity contribution in [3.05, 3.63) is 148 Å². The molecule has 0 fully saturated rings. The van der Waals surface area contributed by atoms with Crippen LogP contribution in [-0.2, 0) is 4.79 Å². The van der Waals surface area contributed by atoms with Crippen LogP contribution in [0.15, 0.2) is 137 Å². The van der Waals surface area contributed by atoms with Crippen LogP contribution in [0.4, 0.5) is 5.69 Å². The van der Waals surface area contributed by atoms with Gasteiger partial charge in [0.1, 0.15) is 5.70 Å². The first-order chi connectivity index (χ1) is 20.0. The molecule has 0 atom stereocenters. The third-order valence-electron chi connectivity index (χ3n) is 6.18. The van der Waals surface area contributed by atoms with Crippen LogP contribution in [0.1, 0.15) is 26.3 Å². The molecule has 2 N–H and O–H groups in total. The zero-order chi connectivity index (χ0) is 28.4. The lowest BCUT2D eigenvalue weighted by atomic mass is 10.0. The summed E-state index contributed by atoms with van der Waals surface area (Å²) in [5.41, 5.74) is 4.84. The Balaban J connectivity index is 1.19. The van der Waals surface area contributed by atoms with Gasteiger partial charge in [-0.05, 0) is 76.0 Å². The van der Waals surface area contributed by atoms with Crippen molar-refractivity contribution in [2.24, 2.45) is 0 Å². The first kappa shape index (κ1) is 27.8. The van der Waals surface area contributed by atoms with Crippen LogP contribution in [0.2, 0.25) is 0 Å². The van der Waals surface area contributed by atoms with Crippen LogP contribution in [0.3, 0.4) is 0 Å². The molecule has 2 amide bonds. The highest BCUT2D eigenvalue weighted by molar-refractivity contribution is 8.00. The number of thiophene rings is 1. The summed E-state index contributed by atoms with van der Waals surface area (Å²) in [6, 6.07) is 35.6. The first-order valence-electron chi connectivity index (χ1n) is 12.9. The molecule has 0 aliphatic carbocycles. The normalized spacial score (nSPS) is 11.1. The molecule has 0 radical (unpaired) electrons. The Kier molecular flexibility index (Phi) is 9.21. The minimum atomic E-state index is -0.435. The zero-order valence-corrected chi connectivity index (χ0v) is 23.6. The standard InChI is InChI=1S/C34H26N2O3S2/c37-32(27-13-11-26(12-14-27)25-7-3-1-4-8-25)23-41-30-17-15-29(16-18-30)35-34(39)31(21-24-19-20-40-22-24)36-33(38)28-9-5-2-6-10-28/h1-22H,23H2,(H,35,39)(H,36,38)/b31-21-. The average Bonchev–Trinajstić information content (AvgIpc) is 3.54. The van der Waals surface area contributed by atoms with Gasteiger partial charge in [0, 0.05) is 21.7 Å². The Hall–Kier alpha value is -4.72. The van der Waals surface area contributed by atoms with E-state index in [4.69, 9.17) is 0 Å². The lowest BCUT2D eigenvalue weighted by Gasteiger charge is -2.11. The molecule has 202 valence electrons. The van der Waals surface area contributed by atoms with Crippen molar-refractivity contribution in [1.29, 1.82) is 0 Å². The molecule has 0 saturated carbocycles. The Labute approximate surface area is 247 Å². The fourth-order valence-corrected chi connectivity index (χ4v) is 5.42. The fraction of sp³-hybridized carbons (Fsp3) is 0.0294. The van der Waals surface area contributed by atoms with Gasteiger partial charge in [0.05, 0.1) is 5.75 Å². The fourth-order valence-electron chi connectivity index (χ4n) is 4.01. The van der Waals surface area contributed by atoms with Crippen LogP contribution < -0.4 is 10.6 Å². The highest BCUT2D eigenvalue weighted by Crippen LogP contribution is 2.24. The monoisotopic (exact) mass is 574 g/mol. The number of Topliss-reactive ketones (excluding diaryl/α,β-unsaturated/α-hetero) is 1. The Morgan fingerprint density at radius 1 is 0.707 bits per heavy atom. The maximum absolute atomic E-state index is 13.1. The Morgan fingerprint density at radius 2 is 1.37 bits per heavy atom. The molecular formula is C34H26N2O3S2. The van der Waals surface area contributed by atoms with Crippen molar-refractivity contribution in [3.63, 3.8) is 0 Å². The summed E-state index contributed by atoms with van der Waals surface area (Å²) in [5.74, 6) is -0.456. The van der Waals surface area contributed by atoms with E-state index in [1.807, 2.05) is 89.6 Å². The van der Waals surface area contributed by atoms with Crippen LogP contribution in [0.25, 0.3) is 17.2 Å². The smallest absolute Gasteiger partial charge is 0.272 e. The van der Waals surface area contributed by atoms with Crippen molar-refractivity contribution in [1.82, 2.24) is 5.32 Å². The van der Waals surface area contributed by atoms with Crippen LogP contribution >= 0.6 is 23.1 Å². The van der Waals surface area contributed by atoms with E-state index in [0.29, 0.717) is 22.6 Å². The summed E-state index contributed by atoms with van der Waals surface area (Å²) >= 11 is 2.94. The number of hydrogen-bond acceptors (Lipinski definition) is 5. The number of amides is 2. The molecule has 1 aromatic heterocycles. The second-order valence-corrected chi connectivity index (χ2v) is 10.9. The second-order valence-electron chi connectivity index (χ2n) is 9.07. The third-order valence-corrected chi connectivity index (χ3v) is 7.89.